The normalized spacial score (nSPS) is 12.2. The van der Waals surface area contributed by atoms with Crippen molar-refractivity contribution in [2.75, 3.05) is 0 Å². The minimum absolute atomic E-state index is 0.0217. The summed E-state index contributed by atoms with van der Waals surface area (Å²) in [5.41, 5.74) is 2.21. The Balaban J connectivity index is 1.42. The number of fused-ring (bicyclic) bond motifs is 1. The van der Waals surface area contributed by atoms with E-state index in [1.165, 1.54) is 60.9 Å². The van der Waals surface area contributed by atoms with Crippen molar-refractivity contribution in [2.24, 2.45) is 0 Å². The highest BCUT2D eigenvalue weighted by molar-refractivity contribution is 7.89. The van der Waals surface area contributed by atoms with Gasteiger partial charge in [0.2, 0.25) is 10.0 Å². The van der Waals surface area contributed by atoms with Gasteiger partial charge in [-0.25, -0.2) is 17.6 Å². The fourth-order valence-electron chi connectivity index (χ4n) is 4.18. The van der Waals surface area contributed by atoms with Crippen LogP contribution >= 0.6 is 0 Å². The van der Waals surface area contributed by atoms with Crippen molar-refractivity contribution < 1.29 is 26.8 Å². The Morgan fingerprint density at radius 2 is 1.65 bits per heavy atom. The van der Waals surface area contributed by atoms with E-state index in [0.717, 1.165) is 11.1 Å². The van der Waals surface area contributed by atoms with Gasteiger partial charge in [-0.1, -0.05) is 60.2 Å². The molecule has 1 atom stereocenters. The lowest BCUT2D eigenvalue weighted by atomic mass is 10.1. The van der Waals surface area contributed by atoms with Crippen molar-refractivity contribution in [3.05, 3.63) is 130 Å². The first kappa shape index (κ1) is 27.0. The Morgan fingerprint density at radius 3 is 2.35 bits per heavy atom. The second kappa shape index (κ2) is 11.3. The van der Waals surface area contributed by atoms with Crippen LogP contribution in [0.5, 0.6) is 5.75 Å². The SMILES string of the molecule is Cc1ccc(S(=O)(=O)N[C@H](Cc2ccccc2)C(=O)Oc2ccc3c(=O)c(-c4ccc(F)cc4)coc3c2)cc1. The summed E-state index contributed by atoms with van der Waals surface area (Å²) in [4.78, 5) is 26.3. The number of sulfonamides is 1. The number of rotatable bonds is 8. The molecular formula is C31H24FNO6S. The minimum atomic E-state index is -4.04. The van der Waals surface area contributed by atoms with E-state index < -0.39 is 27.9 Å². The van der Waals surface area contributed by atoms with E-state index in [-0.39, 0.29) is 39.0 Å². The highest BCUT2D eigenvalue weighted by Gasteiger charge is 2.28. The molecular weight excluding hydrogens is 533 g/mol. The largest absolute Gasteiger partial charge is 0.463 e. The lowest BCUT2D eigenvalue weighted by Gasteiger charge is -2.18. The van der Waals surface area contributed by atoms with Crippen LogP contribution in [0.25, 0.3) is 22.1 Å². The van der Waals surface area contributed by atoms with Gasteiger partial charge in [0.15, 0.2) is 5.43 Å². The number of esters is 1. The number of aryl methyl sites for hydroxylation is 1. The molecule has 0 aliphatic carbocycles. The third-order valence-corrected chi connectivity index (χ3v) is 7.80. The third kappa shape index (κ3) is 6.01. The van der Waals surface area contributed by atoms with E-state index >= 15 is 0 Å². The summed E-state index contributed by atoms with van der Waals surface area (Å²) in [6.45, 7) is 1.84. The highest BCUT2D eigenvalue weighted by atomic mass is 32.2. The van der Waals surface area contributed by atoms with Gasteiger partial charge in [-0.3, -0.25) is 4.79 Å². The predicted molar refractivity (Wildman–Crippen MR) is 149 cm³/mol. The Labute approximate surface area is 229 Å². The van der Waals surface area contributed by atoms with Gasteiger partial charge in [0.1, 0.15) is 29.5 Å². The lowest BCUT2D eigenvalue weighted by molar-refractivity contribution is -0.136. The van der Waals surface area contributed by atoms with Crippen molar-refractivity contribution in [3.8, 4) is 16.9 Å². The van der Waals surface area contributed by atoms with Crippen LogP contribution in [0.1, 0.15) is 11.1 Å². The maximum Gasteiger partial charge on any atom is 0.329 e. The maximum absolute atomic E-state index is 13.3. The van der Waals surface area contributed by atoms with E-state index in [4.69, 9.17) is 9.15 Å². The maximum atomic E-state index is 13.3. The summed E-state index contributed by atoms with van der Waals surface area (Å²) in [6, 6.07) is 23.7. The van der Waals surface area contributed by atoms with Crippen LogP contribution in [0, 0.1) is 12.7 Å². The molecule has 1 aromatic heterocycles. The smallest absolute Gasteiger partial charge is 0.329 e. The number of benzene rings is 4. The summed E-state index contributed by atoms with van der Waals surface area (Å²) in [5.74, 6) is -1.18. The predicted octanol–water partition coefficient (Wildman–Crippen LogP) is 5.40. The summed E-state index contributed by atoms with van der Waals surface area (Å²) in [7, 11) is -4.04. The molecule has 40 heavy (non-hydrogen) atoms. The van der Waals surface area contributed by atoms with E-state index in [2.05, 4.69) is 4.72 Å². The number of hydrogen-bond donors (Lipinski definition) is 1. The molecule has 7 nitrogen and oxygen atoms in total. The zero-order chi connectivity index (χ0) is 28.3. The second-order valence-electron chi connectivity index (χ2n) is 9.24. The van der Waals surface area contributed by atoms with Crippen LogP contribution in [0.2, 0.25) is 0 Å². The number of hydrogen-bond acceptors (Lipinski definition) is 6. The molecule has 0 radical (unpaired) electrons. The van der Waals surface area contributed by atoms with Gasteiger partial charge in [-0.05, 0) is 60.9 Å². The van der Waals surface area contributed by atoms with Crippen LogP contribution in [0.15, 0.2) is 117 Å². The molecule has 0 saturated heterocycles. The monoisotopic (exact) mass is 557 g/mol. The number of ether oxygens (including phenoxy) is 1. The van der Waals surface area contributed by atoms with Crippen molar-refractivity contribution in [2.45, 2.75) is 24.3 Å². The zero-order valence-electron chi connectivity index (χ0n) is 21.3. The van der Waals surface area contributed by atoms with Crippen LogP contribution in [0.3, 0.4) is 0 Å². The number of nitrogens with one attached hydrogen (secondary N) is 1. The molecule has 0 aliphatic heterocycles. The Hall–Kier alpha value is -4.60. The number of halogens is 1. The quantitative estimate of drug-likeness (QED) is 0.202. The van der Waals surface area contributed by atoms with E-state index in [1.807, 2.05) is 13.0 Å². The molecule has 1 N–H and O–H groups in total. The standard InChI is InChI=1S/C31H24FNO6S/c1-20-7-14-25(15-8-20)40(36,37)33-28(17-21-5-3-2-4-6-21)31(35)39-24-13-16-26-29(18-24)38-19-27(30(26)34)22-9-11-23(32)12-10-22/h2-16,18-19,28,33H,17H2,1H3/t28-/m1/s1. The summed E-state index contributed by atoms with van der Waals surface area (Å²) in [5, 5.41) is 0.238. The summed E-state index contributed by atoms with van der Waals surface area (Å²) >= 11 is 0. The number of carbonyl (C=O) groups excluding carboxylic acids is 1. The fourth-order valence-corrected chi connectivity index (χ4v) is 5.37. The topological polar surface area (TPSA) is 103 Å². The summed E-state index contributed by atoms with van der Waals surface area (Å²) < 4.78 is 53.1. The van der Waals surface area contributed by atoms with Crippen LogP contribution in [0.4, 0.5) is 4.39 Å². The molecule has 0 amide bonds. The van der Waals surface area contributed by atoms with Crippen molar-refractivity contribution in [1.82, 2.24) is 4.72 Å². The van der Waals surface area contributed by atoms with E-state index in [9.17, 15) is 22.4 Å². The molecule has 0 bridgehead atoms. The first-order chi connectivity index (χ1) is 19.2. The van der Waals surface area contributed by atoms with Crippen molar-refractivity contribution in [3.63, 3.8) is 0 Å². The zero-order valence-corrected chi connectivity index (χ0v) is 22.2. The van der Waals surface area contributed by atoms with Gasteiger partial charge in [0.25, 0.3) is 0 Å². The Kier molecular flexibility index (Phi) is 7.59. The van der Waals surface area contributed by atoms with Gasteiger partial charge in [-0.2, -0.15) is 4.72 Å². The molecule has 0 aliphatic rings. The van der Waals surface area contributed by atoms with Crippen LogP contribution in [-0.4, -0.2) is 20.4 Å². The molecule has 4 aromatic carbocycles. The van der Waals surface area contributed by atoms with Gasteiger partial charge >= 0.3 is 5.97 Å². The van der Waals surface area contributed by atoms with Crippen molar-refractivity contribution >= 4 is 27.0 Å². The Morgan fingerprint density at radius 1 is 0.950 bits per heavy atom. The molecule has 0 unspecified atom stereocenters. The second-order valence-corrected chi connectivity index (χ2v) is 11.0. The molecule has 0 fully saturated rings. The lowest BCUT2D eigenvalue weighted by Crippen LogP contribution is -2.44. The van der Waals surface area contributed by atoms with Gasteiger partial charge < -0.3 is 9.15 Å². The first-order valence-electron chi connectivity index (χ1n) is 12.4. The minimum Gasteiger partial charge on any atom is -0.463 e. The molecule has 0 saturated carbocycles. The Bertz CT molecular complexity index is 1830. The van der Waals surface area contributed by atoms with Gasteiger partial charge in [0.05, 0.1) is 15.8 Å². The fraction of sp³-hybridized carbons (Fsp3) is 0.0968. The number of carbonyl (C=O) groups is 1. The average Bonchev–Trinajstić information content (AvgIpc) is 2.94. The molecule has 5 aromatic rings. The molecule has 5 rings (SSSR count). The van der Waals surface area contributed by atoms with Crippen LogP contribution < -0.4 is 14.9 Å². The highest BCUT2D eigenvalue weighted by Crippen LogP contribution is 2.24. The third-order valence-electron chi connectivity index (χ3n) is 6.32. The van der Waals surface area contributed by atoms with E-state index in [1.54, 1.807) is 36.4 Å². The molecule has 9 heteroatoms. The first-order valence-corrected chi connectivity index (χ1v) is 13.8. The van der Waals surface area contributed by atoms with Gasteiger partial charge in [0, 0.05) is 6.07 Å². The molecule has 202 valence electrons. The average molecular weight is 558 g/mol. The van der Waals surface area contributed by atoms with Crippen LogP contribution in [-0.2, 0) is 21.2 Å². The van der Waals surface area contributed by atoms with E-state index in [0.29, 0.717) is 5.56 Å². The van der Waals surface area contributed by atoms with Gasteiger partial charge in [-0.15, -0.1) is 0 Å². The molecule has 0 spiro atoms. The molecule has 1 heterocycles. The summed E-state index contributed by atoms with van der Waals surface area (Å²) in [6.07, 6.45) is 1.31. The van der Waals surface area contributed by atoms with Crippen molar-refractivity contribution in [1.29, 1.82) is 0 Å².